The van der Waals surface area contributed by atoms with Crippen molar-refractivity contribution in [2.75, 3.05) is 38.2 Å². The largest absolute Gasteiger partial charge is 0.495 e. The minimum absolute atomic E-state index is 0.102. The lowest BCUT2D eigenvalue weighted by Gasteiger charge is -2.36. The molecule has 3 heterocycles. The number of nitrogens with zero attached hydrogens (tertiary/aromatic N) is 4. The fraction of sp³-hybridized carbons (Fsp3) is 0.240. The lowest BCUT2D eigenvalue weighted by atomic mass is 10.1. The zero-order valence-corrected chi connectivity index (χ0v) is 19.3. The third kappa shape index (κ3) is 3.87. The van der Waals surface area contributed by atoms with E-state index in [1.165, 1.54) is 17.5 Å². The predicted molar refractivity (Wildman–Crippen MR) is 131 cm³/mol. The minimum Gasteiger partial charge on any atom is -0.495 e. The van der Waals surface area contributed by atoms with Gasteiger partial charge in [-0.05, 0) is 24.6 Å². The first-order valence-corrected chi connectivity index (χ1v) is 11.7. The van der Waals surface area contributed by atoms with E-state index in [-0.39, 0.29) is 17.0 Å². The second-order valence-corrected chi connectivity index (χ2v) is 8.87. The van der Waals surface area contributed by atoms with Crippen LogP contribution in [0.5, 0.6) is 5.75 Å². The molecule has 1 aliphatic rings. The van der Waals surface area contributed by atoms with E-state index in [2.05, 4.69) is 9.88 Å². The Labute approximate surface area is 195 Å². The van der Waals surface area contributed by atoms with Crippen LogP contribution in [0.1, 0.15) is 15.9 Å². The molecular formula is C25H24N4O3S. The highest BCUT2D eigenvalue weighted by Gasteiger charge is 2.26. The van der Waals surface area contributed by atoms with Crippen molar-refractivity contribution in [1.82, 2.24) is 14.3 Å². The summed E-state index contributed by atoms with van der Waals surface area (Å²) in [6.45, 7) is 4.39. The van der Waals surface area contributed by atoms with Crippen LogP contribution in [-0.2, 0) is 0 Å². The van der Waals surface area contributed by atoms with Gasteiger partial charge in [-0.1, -0.05) is 42.0 Å². The van der Waals surface area contributed by atoms with Gasteiger partial charge in [-0.25, -0.2) is 4.98 Å². The number of aryl methyl sites for hydroxylation is 1. The summed E-state index contributed by atoms with van der Waals surface area (Å²) in [5.74, 6) is 0.536. The number of anilines is 1. The number of para-hydroxylation sites is 2. The number of amides is 1. The Morgan fingerprint density at radius 2 is 1.76 bits per heavy atom. The van der Waals surface area contributed by atoms with Crippen LogP contribution in [0, 0.1) is 6.92 Å². The molecule has 8 heteroatoms. The van der Waals surface area contributed by atoms with Gasteiger partial charge in [-0.3, -0.25) is 14.0 Å². The quantitative estimate of drug-likeness (QED) is 0.465. The molecule has 0 spiro atoms. The molecule has 1 aliphatic heterocycles. The summed E-state index contributed by atoms with van der Waals surface area (Å²) in [7, 11) is 1.66. The number of fused-ring (bicyclic) bond motifs is 1. The fourth-order valence-corrected chi connectivity index (χ4v) is 5.04. The van der Waals surface area contributed by atoms with E-state index in [4.69, 9.17) is 4.74 Å². The number of thiazole rings is 1. The summed E-state index contributed by atoms with van der Waals surface area (Å²) in [6, 6.07) is 15.8. The van der Waals surface area contributed by atoms with Crippen molar-refractivity contribution in [2.45, 2.75) is 6.92 Å². The van der Waals surface area contributed by atoms with Crippen molar-refractivity contribution in [1.29, 1.82) is 0 Å². The molecule has 4 aromatic rings. The van der Waals surface area contributed by atoms with Gasteiger partial charge in [0.2, 0.25) is 0 Å². The Morgan fingerprint density at radius 1 is 1.03 bits per heavy atom. The molecule has 33 heavy (non-hydrogen) atoms. The van der Waals surface area contributed by atoms with E-state index in [0.717, 1.165) is 28.3 Å². The van der Waals surface area contributed by atoms with Gasteiger partial charge in [0, 0.05) is 37.8 Å². The van der Waals surface area contributed by atoms with Gasteiger partial charge < -0.3 is 14.5 Å². The molecule has 1 amide bonds. The zero-order valence-electron chi connectivity index (χ0n) is 18.5. The highest BCUT2D eigenvalue weighted by molar-refractivity contribution is 7.15. The van der Waals surface area contributed by atoms with Crippen LogP contribution in [0.2, 0.25) is 0 Å². The van der Waals surface area contributed by atoms with Gasteiger partial charge >= 0.3 is 0 Å². The van der Waals surface area contributed by atoms with Crippen LogP contribution in [0.4, 0.5) is 5.69 Å². The fourth-order valence-electron chi connectivity index (χ4n) is 4.18. The number of hydrogen-bond donors (Lipinski definition) is 0. The lowest BCUT2D eigenvalue weighted by Crippen LogP contribution is -2.49. The van der Waals surface area contributed by atoms with Crippen molar-refractivity contribution < 1.29 is 9.53 Å². The maximum absolute atomic E-state index is 13.4. The SMILES string of the molecule is COc1ccccc1N1CCN(C(=O)c2cnc3scc(-c4ccc(C)cc4)n3c2=O)CC1. The molecule has 1 saturated heterocycles. The van der Waals surface area contributed by atoms with Gasteiger partial charge in [0.15, 0.2) is 4.96 Å². The normalized spacial score (nSPS) is 14.0. The van der Waals surface area contributed by atoms with Crippen LogP contribution in [0.15, 0.2) is 64.9 Å². The summed E-state index contributed by atoms with van der Waals surface area (Å²) in [6.07, 6.45) is 1.42. The first kappa shape index (κ1) is 21.2. The molecule has 2 aromatic carbocycles. The Kier molecular flexibility index (Phi) is 5.60. The van der Waals surface area contributed by atoms with E-state index in [1.54, 1.807) is 16.4 Å². The monoisotopic (exact) mass is 460 g/mol. The number of piperazine rings is 1. The number of ether oxygens (including phenoxy) is 1. The molecule has 7 nitrogen and oxygen atoms in total. The van der Waals surface area contributed by atoms with E-state index < -0.39 is 0 Å². The highest BCUT2D eigenvalue weighted by atomic mass is 32.1. The van der Waals surface area contributed by atoms with E-state index in [0.29, 0.717) is 31.1 Å². The summed E-state index contributed by atoms with van der Waals surface area (Å²) >= 11 is 1.39. The molecule has 0 radical (unpaired) electrons. The Morgan fingerprint density at radius 3 is 2.48 bits per heavy atom. The molecule has 5 rings (SSSR count). The number of carbonyl (C=O) groups is 1. The highest BCUT2D eigenvalue weighted by Crippen LogP contribution is 2.29. The molecule has 168 valence electrons. The maximum Gasteiger partial charge on any atom is 0.271 e. The Bertz CT molecular complexity index is 1370. The van der Waals surface area contributed by atoms with Crippen LogP contribution in [0.3, 0.4) is 0 Å². The summed E-state index contributed by atoms with van der Waals surface area (Å²) in [4.78, 5) is 35.6. The van der Waals surface area contributed by atoms with Crippen molar-refractivity contribution in [2.24, 2.45) is 0 Å². The number of aromatic nitrogens is 2. The summed E-state index contributed by atoms with van der Waals surface area (Å²) in [5, 5.41) is 1.91. The van der Waals surface area contributed by atoms with Gasteiger partial charge in [0.1, 0.15) is 11.3 Å². The van der Waals surface area contributed by atoms with Gasteiger partial charge in [0.05, 0.1) is 18.5 Å². The molecule has 0 unspecified atom stereocenters. The first-order valence-electron chi connectivity index (χ1n) is 10.8. The molecule has 0 saturated carbocycles. The lowest BCUT2D eigenvalue weighted by molar-refractivity contribution is 0.0744. The molecule has 0 atom stereocenters. The number of carbonyl (C=O) groups excluding carboxylic acids is 1. The molecule has 0 bridgehead atoms. The topological polar surface area (TPSA) is 67.2 Å². The van der Waals surface area contributed by atoms with Crippen molar-refractivity contribution in [3.63, 3.8) is 0 Å². The summed E-state index contributed by atoms with van der Waals surface area (Å²) < 4.78 is 7.02. The third-order valence-electron chi connectivity index (χ3n) is 6.02. The second-order valence-electron chi connectivity index (χ2n) is 8.03. The maximum atomic E-state index is 13.4. The number of rotatable bonds is 4. The predicted octanol–water partition coefficient (Wildman–Crippen LogP) is 3.70. The van der Waals surface area contributed by atoms with Crippen LogP contribution in [0.25, 0.3) is 16.2 Å². The molecule has 2 aromatic heterocycles. The minimum atomic E-state index is -0.325. The van der Waals surface area contributed by atoms with Crippen LogP contribution < -0.4 is 15.2 Å². The van der Waals surface area contributed by atoms with Gasteiger partial charge in [-0.15, -0.1) is 11.3 Å². The molecule has 0 N–H and O–H groups in total. The Balaban J connectivity index is 1.40. The average molecular weight is 461 g/mol. The summed E-state index contributed by atoms with van der Waals surface area (Å²) in [5.41, 5.74) is 3.61. The standard InChI is InChI=1S/C25H24N4O3S/c1-17-7-9-18(10-8-17)21-16-33-25-26-15-19(24(31)29(21)25)23(30)28-13-11-27(12-14-28)20-5-3-4-6-22(20)32-2/h3-10,15-16H,11-14H2,1-2H3. The van der Waals surface area contributed by atoms with Crippen molar-refractivity contribution in [3.05, 3.63) is 81.6 Å². The van der Waals surface area contributed by atoms with Crippen LogP contribution >= 0.6 is 11.3 Å². The smallest absolute Gasteiger partial charge is 0.271 e. The Hall–Kier alpha value is -3.65. The van der Waals surface area contributed by atoms with Gasteiger partial charge in [-0.2, -0.15) is 0 Å². The number of hydrogen-bond acceptors (Lipinski definition) is 6. The van der Waals surface area contributed by atoms with E-state index in [1.807, 2.05) is 60.8 Å². The number of methoxy groups -OCH3 is 1. The molecule has 1 fully saturated rings. The zero-order chi connectivity index (χ0) is 22.9. The second kappa shape index (κ2) is 8.71. The number of benzene rings is 2. The van der Waals surface area contributed by atoms with E-state index >= 15 is 0 Å². The molecular weight excluding hydrogens is 436 g/mol. The van der Waals surface area contributed by atoms with Gasteiger partial charge in [0.25, 0.3) is 11.5 Å². The first-order chi connectivity index (χ1) is 16.1. The van der Waals surface area contributed by atoms with Crippen molar-refractivity contribution in [3.8, 4) is 17.0 Å². The van der Waals surface area contributed by atoms with E-state index in [9.17, 15) is 9.59 Å². The van der Waals surface area contributed by atoms with Crippen molar-refractivity contribution >= 4 is 27.9 Å². The average Bonchev–Trinajstić information content (AvgIpc) is 3.29. The van der Waals surface area contributed by atoms with Crippen LogP contribution in [-0.4, -0.2) is 53.5 Å². The third-order valence-corrected chi connectivity index (χ3v) is 6.86. The molecule has 0 aliphatic carbocycles.